The first kappa shape index (κ1) is 18.4. The van der Waals surface area contributed by atoms with Gasteiger partial charge in [0.15, 0.2) is 0 Å². The Kier molecular flexibility index (Phi) is 7.67. The van der Waals surface area contributed by atoms with Gasteiger partial charge in [-0.2, -0.15) is 0 Å². The number of hydrogen-bond acceptors (Lipinski definition) is 4. The minimum absolute atomic E-state index is 0.123. The molecule has 0 spiro atoms. The summed E-state index contributed by atoms with van der Waals surface area (Å²) in [6, 6.07) is -0.174. The highest BCUT2D eigenvalue weighted by molar-refractivity contribution is 5.75. The molecule has 21 heavy (non-hydrogen) atoms. The molecule has 0 saturated carbocycles. The lowest BCUT2D eigenvalue weighted by atomic mass is 9.77. The highest BCUT2D eigenvalue weighted by atomic mass is 16.5. The van der Waals surface area contributed by atoms with Crippen LogP contribution in [0.5, 0.6) is 0 Å². The van der Waals surface area contributed by atoms with E-state index in [1.165, 1.54) is 19.3 Å². The Morgan fingerprint density at radius 2 is 2.05 bits per heavy atom. The van der Waals surface area contributed by atoms with Gasteiger partial charge >= 0.3 is 5.97 Å². The Morgan fingerprint density at radius 3 is 2.62 bits per heavy atom. The Hall–Kier alpha value is -0.610. The van der Waals surface area contributed by atoms with E-state index in [1.807, 2.05) is 14.0 Å². The number of nitrogens with one attached hydrogen (secondary N) is 1. The molecule has 4 heteroatoms. The SMILES string of the molecule is CCOC(=O)C(CCN1CCCC(C(C)(C)C)CC1)NC. The van der Waals surface area contributed by atoms with Gasteiger partial charge in [-0.15, -0.1) is 0 Å². The topological polar surface area (TPSA) is 41.6 Å². The van der Waals surface area contributed by atoms with E-state index in [0.29, 0.717) is 12.0 Å². The van der Waals surface area contributed by atoms with Crippen LogP contribution < -0.4 is 5.32 Å². The molecule has 124 valence electrons. The summed E-state index contributed by atoms with van der Waals surface area (Å²) in [5.41, 5.74) is 0.411. The molecule has 0 radical (unpaired) electrons. The molecular formula is C17H34N2O2. The number of nitrogens with zero attached hydrogens (tertiary/aromatic N) is 1. The Labute approximate surface area is 130 Å². The molecule has 1 N–H and O–H groups in total. The third kappa shape index (κ3) is 6.35. The van der Waals surface area contributed by atoms with Gasteiger partial charge in [-0.1, -0.05) is 20.8 Å². The lowest BCUT2D eigenvalue weighted by Gasteiger charge is -2.30. The van der Waals surface area contributed by atoms with Crippen molar-refractivity contribution in [1.82, 2.24) is 10.2 Å². The molecule has 0 bridgehead atoms. The van der Waals surface area contributed by atoms with Crippen molar-refractivity contribution in [1.29, 1.82) is 0 Å². The predicted molar refractivity (Wildman–Crippen MR) is 87.3 cm³/mol. The summed E-state index contributed by atoms with van der Waals surface area (Å²) in [4.78, 5) is 14.3. The van der Waals surface area contributed by atoms with E-state index in [0.717, 1.165) is 32.0 Å². The normalized spacial score (nSPS) is 22.6. The van der Waals surface area contributed by atoms with Crippen molar-refractivity contribution in [3.8, 4) is 0 Å². The fourth-order valence-corrected chi connectivity index (χ4v) is 3.18. The van der Waals surface area contributed by atoms with Crippen LogP contribution >= 0.6 is 0 Å². The second kappa shape index (κ2) is 8.74. The van der Waals surface area contributed by atoms with Crippen molar-refractivity contribution < 1.29 is 9.53 Å². The van der Waals surface area contributed by atoms with E-state index >= 15 is 0 Å². The van der Waals surface area contributed by atoms with E-state index < -0.39 is 0 Å². The monoisotopic (exact) mass is 298 g/mol. The first-order valence-electron chi connectivity index (χ1n) is 8.44. The summed E-state index contributed by atoms with van der Waals surface area (Å²) < 4.78 is 5.10. The quantitative estimate of drug-likeness (QED) is 0.766. The third-order valence-corrected chi connectivity index (χ3v) is 4.70. The van der Waals surface area contributed by atoms with Gasteiger partial charge in [0.2, 0.25) is 0 Å². The van der Waals surface area contributed by atoms with E-state index in [9.17, 15) is 4.79 Å². The summed E-state index contributed by atoms with van der Waals surface area (Å²) in [6.07, 6.45) is 4.70. The molecule has 0 aromatic carbocycles. The summed E-state index contributed by atoms with van der Waals surface area (Å²) in [5, 5.41) is 3.07. The average molecular weight is 298 g/mol. The van der Waals surface area contributed by atoms with Crippen LogP contribution in [0.1, 0.15) is 53.4 Å². The number of likely N-dealkylation sites (N-methyl/N-ethyl adjacent to an activating group) is 1. The van der Waals surface area contributed by atoms with Gasteiger partial charge in [0.25, 0.3) is 0 Å². The van der Waals surface area contributed by atoms with E-state index in [1.54, 1.807) is 0 Å². The van der Waals surface area contributed by atoms with Crippen LogP contribution in [-0.4, -0.2) is 50.2 Å². The molecule has 1 rings (SSSR count). The summed E-state index contributed by atoms with van der Waals surface area (Å²) in [5.74, 6) is 0.690. The van der Waals surface area contributed by atoms with E-state index in [-0.39, 0.29) is 12.0 Å². The zero-order valence-corrected chi connectivity index (χ0v) is 14.6. The van der Waals surface area contributed by atoms with Crippen molar-refractivity contribution >= 4 is 5.97 Å². The molecule has 4 nitrogen and oxygen atoms in total. The molecule has 2 atom stereocenters. The molecular weight excluding hydrogens is 264 g/mol. The van der Waals surface area contributed by atoms with Gasteiger partial charge in [0, 0.05) is 6.54 Å². The summed E-state index contributed by atoms with van der Waals surface area (Å²) >= 11 is 0. The number of likely N-dealkylation sites (tertiary alicyclic amines) is 1. The van der Waals surface area contributed by atoms with Gasteiger partial charge in [-0.3, -0.25) is 4.79 Å². The second-order valence-electron chi connectivity index (χ2n) is 7.22. The van der Waals surface area contributed by atoms with Crippen LogP contribution in [0.15, 0.2) is 0 Å². The molecule has 0 aliphatic carbocycles. The molecule has 1 aliphatic heterocycles. The minimum atomic E-state index is -0.174. The van der Waals surface area contributed by atoms with Crippen LogP contribution in [0.25, 0.3) is 0 Å². The van der Waals surface area contributed by atoms with Gasteiger partial charge in [0.1, 0.15) is 6.04 Å². The molecule has 0 aromatic heterocycles. The highest BCUT2D eigenvalue weighted by Gasteiger charge is 2.27. The van der Waals surface area contributed by atoms with Crippen molar-refractivity contribution in [2.45, 2.75) is 59.4 Å². The van der Waals surface area contributed by atoms with Crippen LogP contribution in [0.4, 0.5) is 0 Å². The fraction of sp³-hybridized carbons (Fsp3) is 0.941. The van der Waals surface area contributed by atoms with Crippen molar-refractivity contribution in [2.24, 2.45) is 11.3 Å². The number of carbonyl (C=O) groups is 1. The third-order valence-electron chi connectivity index (χ3n) is 4.70. The molecule has 0 amide bonds. The average Bonchev–Trinajstić information content (AvgIpc) is 2.65. The van der Waals surface area contributed by atoms with E-state index in [4.69, 9.17) is 4.74 Å². The predicted octanol–water partition coefficient (Wildman–Crippen LogP) is 2.68. The largest absolute Gasteiger partial charge is 0.465 e. The lowest BCUT2D eigenvalue weighted by molar-refractivity contribution is -0.145. The van der Waals surface area contributed by atoms with Gasteiger partial charge in [-0.25, -0.2) is 0 Å². The molecule has 1 fully saturated rings. The number of hydrogen-bond donors (Lipinski definition) is 1. The summed E-state index contributed by atoms with van der Waals surface area (Å²) in [6.45, 7) is 12.6. The Morgan fingerprint density at radius 1 is 1.33 bits per heavy atom. The fourth-order valence-electron chi connectivity index (χ4n) is 3.18. The Balaban J connectivity index is 2.40. The number of carbonyl (C=O) groups excluding carboxylic acids is 1. The van der Waals surface area contributed by atoms with E-state index in [2.05, 4.69) is 31.0 Å². The maximum atomic E-state index is 11.8. The first-order valence-corrected chi connectivity index (χ1v) is 8.44. The second-order valence-corrected chi connectivity index (χ2v) is 7.22. The maximum absolute atomic E-state index is 11.8. The first-order chi connectivity index (χ1) is 9.88. The smallest absolute Gasteiger partial charge is 0.323 e. The molecule has 2 unspecified atom stereocenters. The lowest BCUT2D eigenvalue weighted by Crippen LogP contribution is -2.39. The van der Waals surface area contributed by atoms with Crippen LogP contribution in [0, 0.1) is 11.3 Å². The number of esters is 1. The zero-order valence-electron chi connectivity index (χ0n) is 14.6. The van der Waals surface area contributed by atoms with Crippen LogP contribution in [0.3, 0.4) is 0 Å². The molecule has 1 aliphatic rings. The Bertz CT molecular complexity index is 312. The van der Waals surface area contributed by atoms with Crippen LogP contribution in [0.2, 0.25) is 0 Å². The maximum Gasteiger partial charge on any atom is 0.323 e. The number of rotatable bonds is 6. The summed E-state index contributed by atoms with van der Waals surface area (Å²) in [7, 11) is 1.83. The molecule has 1 heterocycles. The minimum Gasteiger partial charge on any atom is -0.465 e. The van der Waals surface area contributed by atoms with Gasteiger partial charge in [-0.05, 0) is 64.1 Å². The van der Waals surface area contributed by atoms with Crippen molar-refractivity contribution in [2.75, 3.05) is 33.3 Å². The van der Waals surface area contributed by atoms with Gasteiger partial charge in [0.05, 0.1) is 6.61 Å². The van der Waals surface area contributed by atoms with Crippen molar-refractivity contribution in [3.05, 3.63) is 0 Å². The standard InChI is InChI=1S/C17H34N2O2/c1-6-21-16(20)15(18-5)10-13-19-11-7-8-14(9-12-19)17(2,3)4/h14-15,18H,6-13H2,1-5H3. The molecule has 0 aromatic rings. The highest BCUT2D eigenvalue weighted by Crippen LogP contribution is 2.34. The number of ether oxygens (including phenoxy) is 1. The zero-order chi connectivity index (χ0) is 15.9. The van der Waals surface area contributed by atoms with Gasteiger partial charge < -0.3 is 15.0 Å². The molecule has 1 saturated heterocycles. The van der Waals surface area contributed by atoms with Crippen molar-refractivity contribution in [3.63, 3.8) is 0 Å². The van der Waals surface area contributed by atoms with Crippen LogP contribution in [-0.2, 0) is 9.53 Å².